The van der Waals surface area contributed by atoms with Gasteiger partial charge in [-0.1, -0.05) is 0 Å². The summed E-state index contributed by atoms with van der Waals surface area (Å²) in [7, 11) is -7.53. The molecular weight excluding hydrogens is 278 g/mol. The molecule has 1 aliphatic rings. The van der Waals surface area contributed by atoms with Gasteiger partial charge in [-0.2, -0.15) is 0 Å². The van der Waals surface area contributed by atoms with Crippen molar-refractivity contribution in [3.8, 4) is 0 Å². The van der Waals surface area contributed by atoms with Gasteiger partial charge < -0.3 is 0 Å². The molecule has 100 valence electrons. The Labute approximate surface area is 105 Å². The number of aryl methyl sites for hydroxylation is 1. The number of nitrogens with two attached hydrogens (primary N) is 1. The van der Waals surface area contributed by atoms with Crippen LogP contribution in [0.1, 0.15) is 17.7 Å². The lowest BCUT2D eigenvalue weighted by atomic mass is 10.3. The molecule has 0 saturated carbocycles. The van der Waals surface area contributed by atoms with Crippen LogP contribution < -0.4 is 5.14 Å². The second-order valence-electron chi connectivity index (χ2n) is 4.14. The molecule has 1 heterocycles. The lowest BCUT2D eigenvalue weighted by Gasteiger charge is -2.07. The first kappa shape index (κ1) is 13.4. The molecule has 0 atom stereocenters. The maximum Gasteiger partial charge on any atom is 0.210 e. The molecule has 0 bridgehead atoms. The van der Waals surface area contributed by atoms with Gasteiger partial charge in [0.25, 0.3) is 0 Å². The van der Waals surface area contributed by atoms with Crippen molar-refractivity contribution in [2.24, 2.45) is 5.14 Å². The van der Waals surface area contributed by atoms with E-state index in [1.165, 1.54) is 6.33 Å². The minimum Gasteiger partial charge on any atom is -0.241 e. The quantitative estimate of drug-likeness (QED) is 0.712. The second-order valence-corrected chi connectivity index (χ2v) is 7.90. The van der Waals surface area contributed by atoms with Crippen LogP contribution in [0.5, 0.6) is 0 Å². The summed E-state index contributed by atoms with van der Waals surface area (Å²) in [5.74, 6) is -1.15. The monoisotopic (exact) mass is 291 g/mol. The van der Waals surface area contributed by atoms with Crippen LogP contribution in [0.4, 0.5) is 0 Å². The molecule has 0 aliphatic heterocycles. The van der Waals surface area contributed by atoms with Gasteiger partial charge in [-0.05, 0) is 19.3 Å². The average Bonchev–Trinajstić information content (AvgIpc) is 2.73. The average molecular weight is 291 g/mol. The van der Waals surface area contributed by atoms with E-state index in [-0.39, 0.29) is 5.03 Å². The second kappa shape index (κ2) is 4.56. The predicted octanol–water partition coefficient (Wildman–Crippen LogP) is -0.972. The Kier molecular flexibility index (Phi) is 3.39. The molecule has 18 heavy (non-hydrogen) atoms. The van der Waals surface area contributed by atoms with E-state index in [1.54, 1.807) is 0 Å². The van der Waals surface area contributed by atoms with Gasteiger partial charge in [-0.15, -0.1) is 0 Å². The van der Waals surface area contributed by atoms with Crippen LogP contribution in [0.15, 0.2) is 11.4 Å². The molecule has 2 N–H and O–H groups in total. The number of rotatable bonds is 4. The molecule has 0 aromatic carbocycles. The van der Waals surface area contributed by atoms with E-state index in [9.17, 15) is 16.8 Å². The van der Waals surface area contributed by atoms with Gasteiger partial charge >= 0.3 is 0 Å². The summed E-state index contributed by atoms with van der Waals surface area (Å²) in [5.41, 5.74) is 1.35. The summed E-state index contributed by atoms with van der Waals surface area (Å²) in [6, 6.07) is 0. The third-order valence-corrected chi connectivity index (χ3v) is 5.48. The molecule has 0 fully saturated rings. The van der Waals surface area contributed by atoms with Crippen LogP contribution in [0.3, 0.4) is 0 Å². The van der Waals surface area contributed by atoms with Crippen molar-refractivity contribution < 1.29 is 16.8 Å². The highest BCUT2D eigenvalue weighted by Gasteiger charge is 2.26. The predicted molar refractivity (Wildman–Crippen MR) is 64.1 cm³/mol. The molecule has 1 aromatic heterocycles. The third-order valence-electron chi connectivity index (χ3n) is 2.77. The molecule has 0 amide bonds. The van der Waals surface area contributed by atoms with Gasteiger partial charge in [0, 0.05) is 11.3 Å². The topological polar surface area (TPSA) is 120 Å². The Bertz CT molecular complexity index is 667. The van der Waals surface area contributed by atoms with Crippen LogP contribution in [0, 0.1) is 0 Å². The number of primary sulfonamides is 1. The van der Waals surface area contributed by atoms with Crippen LogP contribution in [-0.4, -0.2) is 38.3 Å². The fraction of sp³-hybridized carbons (Fsp3) is 0.556. The van der Waals surface area contributed by atoms with Crippen LogP contribution in [0.2, 0.25) is 0 Å². The first-order chi connectivity index (χ1) is 8.30. The Morgan fingerprint density at radius 2 is 1.83 bits per heavy atom. The lowest BCUT2D eigenvalue weighted by Crippen LogP contribution is -2.24. The summed E-state index contributed by atoms with van der Waals surface area (Å²) in [5, 5.41) is 4.76. The minimum atomic E-state index is -3.80. The molecular formula is C9H13N3O4S2. The summed E-state index contributed by atoms with van der Waals surface area (Å²) < 4.78 is 45.7. The van der Waals surface area contributed by atoms with E-state index >= 15 is 0 Å². The SMILES string of the molecule is NS(=O)(=O)CCS(=O)(=O)c1ncnc2c1CCC2. The number of hydrogen-bond donors (Lipinski definition) is 1. The van der Waals surface area contributed by atoms with E-state index in [1.807, 2.05) is 0 Å². The molecule has 9 heteroatoms. The molecule has 1 aliphatic carbocycles. The highest BCUT2D eigenvalue weighted by atomic mass is 32.2. The lowest BCUT2D eigenvalue weighted by molar-refractivity contribution is 0.585. The fourth-order valence-electron chi connectivity index (χ4n) is 1.92. The number of nitrogens with zero attached hydrogens (tertiary/aromatic N) is 2. The normalized spacial score (nSPS) is 15.6. The van der Waals surface area contributed by atoms with Gasteiger partial charge in [0.15, 0.2) is 14.9 Å². The van der Waals surface area contributed by atoms with E-state index in [4.69, 9.17) is 5.14 Å². The fourth-order valence-corrected chi connectivity index (χ4v) is 4.72. The van der Waals surface area contributed by atoms with Crippen molar-refractivity contribution in [1.29, 1.82) is 0 Å². The smallest absolute Gasteiger partial charge is 0.210 e. The van der Waals surface area contributed by atoms with Crippen molar-refractivity contribution in [3.63, 3.8) is 0 Å². The molecule has 0 radical (unpaired) electrons. The molecule has 0 saturated heterocycles. The van der Waals surface area contributed by atoms with E-state index < -0.39 is 31.4 Å². The van der Waals surface area contributed by atoms with Crippen molar-refractivity contribution in [2.75, 3.05) is 11.5 Å². The van der Waals surface area contributed by atoms with Gasteiger partial charge in [0.1, 0.15) is 6.33 Å². The van der Waals surface area contributed by atoms with Gasteiger partial charge in [0.05, 0.1) is 11.5 Å². The zero-order chi connectivity index (χ0) is 13.4. The first-order valence-electron chi connectivity index (χ1n) is 5.35. The Morgan fingerprint density at radius 1 is 1.11 bits per heavy atom. The number of sulfone groups is 1. The summed E-state index contributed by atoms with van der Waals surface area (Å²) in [4.78, 5) is 7.81. The molecule has 7 nitrogen and oxygen atoms in total. The number of fused-ring (bicyclic) bond motifs is 1. The Hall–Kier alpha value is -1.06. The third kappa shape index (κ3) is 2.85. The number of aromatic nitrogens is 2. The highest BCUT2D eigenvalue weighted by molar-refractivity contribution is 7.94. The summed E-state index contributed by atoms with van der Waals surface area (Å²) >= 11 is 0. The van der Waals surface area contributed by atoms with Gasteiger partial charge in [0.2, 0.25) is 10.0 Å². The number of hydrogen-bond acceptors (Lipinski definition) is 6. The van der Waals surface area contributed by atoms with E-state index in [0.717, 1.165) is 18.5 Å². The zero-order valence-corrected chi connectivity index (χ0v) is 11.2. The summed E-state index contributed by atoms with van der Waals surface area (Å²) in [6.45, 7) is 0. The highest BCUT2D eigenvalue weighted by Crippen LogP contribution is 2.25. The van der Waals surface area contributed by atoms with Gasteiger partial charge in [-0.3, -0.25) is 0 Å². The van der Waals surface area contributed by atoms with Crippen molar-refractivity contribution >= 4 is 19.9 Å². The molecule has 2 rings (SSSR count). The maximum absolute atomic E-state index is 12.0. The zero-order valence-electron chi connectivity index (χ0n) is 9.53. The summed E-state index contributed by atoms with van der Waals surface area (Å²) in [6.07, 6.45) is 3.38. The Balaban J connectivity index is 2.34. The minimum absolute atomic E-state index is 0.0475. The molecule has 0 unspecified atom stereocenters. The maximum atomic E-state index is 12.0. The van der Waals surface area contributed by atoms with E-state index in [0.29, 0.717) is 12.0 Å². The first-order valence-corrected chi connectivity index (χ1v) is 8.72. The van der Waals surface area contributed by atoms with E-state index in [2.05, 4.69) is 9.97 Å². The van der Waals surface area contributed by atoms with Crippen molar-refractivity contribution in [1.82, 2.24) is 9.97 Å². The van der Waals surface area contributed by atoms with Crippen molar-refractivity contribution in [2.45, 2.75) is 24.3 Å². The van der Waals surface area contributed by atoms with Crippen LogP contribution in [-0.2, 0) is 32.7 Å². The number of sulfonamides is 1. The van der Waals surface area contributed by atoms with Crippen molar-refractivity contribution in [3.05, 3.63) is 17.6 Å². The Morgan fingerprint density at radius 3 is 2.50 bits per heavy atom. The van der Waals surface area contributed by atoms with Crippen LogP contribution >= 0.6 is 0 Å². The standard InChI is InChI=1S/C9H13N3O4S2/c10-18(15,16)5-4-17(13,14)9-7-2-1-3-8(7)11-6-12-9/h6H,1-5H2,(H2,10,15,16). The molecule has 0 spiro atoms. The molecule has 1 aromatic rings. The van der Waals surface area contributed by atoms with Crippen LogP contribution in [0.25, 0.3) is 0 Å². The van der Waals surface area contributed by atoms with Gasteiger partial charge in [-0.25, -0.2) is 31.9 Å². The largest absolute Gasteiger partial charge is 0.241 e.